The zero-order valence-corrected chi connectivity index (χ0v) is 12.6. The molecular formula is C18H15NOS. The van der Waals surface area contributed by atoms with Crippen molar-refractivity contribution in [3.8, 4) is 0 Å². The van der Waals surface area contributed by atoms with Gasteiger partial charge in [0, 0.05) is 28.2 Å². The van der Waals surface area contributed by atoms with Gasteiger partial charge in [0.2, 0.25) is 0 Å². The highest BCUT2D eigenvalue weighted by molar-refractivity contribution is 8.00. The van der Waals surface area contributed by atoms with Crippen molar-refractivity contribution in [2.75, 3.05) is 5.75 Å². The average Bonchev–Trinajstić information content (AvgIpc) is 2.53. The fourth-order valence-electron chi connectivity index (χ4n) is 2.22. The van der Waals surface area contributed by atoms with E-state index in [9.17, 15) is 4.79 Å². The predicted octanol–water partition coefficient (Wildman–Crippen LogP) is 4.52. The van der Waals surface area contributed by atoms with E-state index in [1.165, 1.54) is 5.56 Å². The third-order valence-electron chi connectivity index (χ3n) is 3.37. The van der Waals surface area contributed by atoms with Crippen molar-refractivity contribution in [3.63, 3.8) is 0 Å². The molecule has 0 saturated carbocycles. The van der Waals surface area contributed by atoms with Crippen molar-refractivity contribution in [2.24, 2.45) is 0 Å². The first-order valence-electron chi connectivity index (χ1n) is 6.79. The number of hydrogen-bond acceptors (Lipinski definition) is 3. The molecule has 0 atom stereocenters. The Balaban J connectivity index is 1.79. The number of hydrogen-bond donors (Lipinski definition) is 0. The van der Waals surface area contributed by atoms with E-state index in [0.717, 1.165) is 21.2 Å². The molecule has 3 rings (SSSR count). The number of rotatable bonds is 4. The van der Waals surface area contributed by atoms with Crippen LogP contribution in [0.4, 0.5) is 0 Å². The van der Waals surface area contributed by atoms with Crippen LogP contribution < -0.4 is 0 Å². The third-order valence-corrected chi connectivity index (χ3v) is 4.39. The zero-order chi connectivity index (χ0) is 14.7. The van der Waals surface area contributed by atoms with E-state index in [-0.39, 0.29) is 5.78 Å². The predicted molar refractivity (Wildman–Crippen MR) is 88.0 cm³/mol. The molecule has 0 N–H and O–H groups in total. The van der Waals surface area contributed by atoms with Gasteiger partial charge in [-0.15, -0.1) is 11.8 Å². The first-order valence-corrected chi connectivity index (χ1v) is 7.78. The Hall–Kier alpha value is -2.13. The highest BCUT2D eigenvalue weighted by Gasteiger charge is 2.10. The van der Waals surface area contributed by atoms with Crippen LogP contribution >= 0.6 is 11.8 Å². The molecule has 0 aliphatic rings. The van der Waals surface area contributed by atoms with Crippen LogP contribution in [-0.2, 0) is 0 Å². The largest absolute Gasteiger partial charge is 0.293 e. The van der Waals surface area contributed by atoms with E-state index < -0.39 is 0 Å². The minimum Gasteiger partial charge on any atom is -0.293 e. The smallest absolute Gasteiger partial charge is 0.173 e. The lowest BCUT2D eigenvalue weighted by atomic mass is 10.0. The maximum Gasteiger partial charge on any atom is 0.173 e. The summed E-state index contributed by atoms with van der Waals surface area (Å²) in [6, 6.07) is 16.0. The number of Topliss-reactive ketones (excluding diaryl/α,β-unsaturated/α-hetero) is 1. The van der Waals surface area contributed by atoms with Gasteiger partial charge in [0.15, 0.2) is 5.78 Å². The summed E-state index contributed by atoms with van der Waals surface area (Å²) < 4.78 is 0. The van der Waals surface area contributed by atoms with Gasteiger partial charge in [-0.1, -0.05) is 35.9 Å². The molecule has 0 radical (unpaired) electrons. The van der Waals surface area contributed by atoms with E-state index in [1.807, 2.05) is 24.3 Å². The van der Waals surface area contributed by atoms with Gasteiger partial charge in [-0.2, -0.15) is 0 Å². The molecule has 2 aromatic carbocycles. The fraction of sp³-hybridized carbons (Fsp3) is 0.111. The molecule has 0 saturated heterocycles. The van der Waals surface area contributed by atoms with Crippen molar-refractivity contribution < 1.29 is 4.79 Å². The number of benzene rings is 2. The van der Waals surface area contributed by atoms with Crippen LogP contribution in [-0.4, -0.2) is 16.5 Å². The summed E-state index contributed by atoms with van der Waals surface area (Å²) in [5.74, 6) is 0.580. The third kappa shape index (κ3) is 3.14. The molecule has 21 heavy (non-hydrogen) atoms. The van der Waals surface area contributed by atoms with Crippen LogP contribution in [0.15, 0.2) is 65.8 Å². The number of aryl methyl sites for hydroxylation is 1. The van der Waals surface area contributed by atoms with Crippen molar-refractivity contribution >= 4 is 28.3 Å². The summed E-state index contributed by atoms with van der Waals surface area (Å²) in [6.07, 6.45) is 3.51. The molecule has 0 aliphatic carbocycles. The lowest BCUT2D eigenvalue weighted by Gasteiger charge is -2.05. The molecule has 0 unspecified atom stereocenters. The molecule has 0 aliphatic heterocycles. The monoisotopic (exact) mass is 293 g/mol. The highest BCUT2D eigenvalue weighted by Crippen LogP contribution is 2.23. The first kappa shape index (κ1) is 13.8. The van der Waals surface area contributed by atoms with Crippen molar-refractivity contribution in [1.29, 1.82) is 0 Å². The van der Waals surface area contributed by atoms with Gasteiger partial charge in [-0.05, 0) is 30.5 Å². The van der Waals surface area contributed by atoms with Gasteiger partial charge in [0.05, 0.1) is 5.75 Å². The molecular weight excluding hydrogens is 278 g/mol. The lowest BCUT2D eigenvalue weighted by Crippen LogP contribution is -2.03. The molecule has 3 aromatic rings. The SMILES string of the molecule is Cc1ccc(SCC(=O)c2cccc3ccncc23)cc1. The normalized spacial score (nSPS) is 10.7. The number of pyridine rings is 1. The van der Waals surface area contributed by atoms with Crippen LogP contribution in [0.25, 0.3) is 10.8 Å². The van der Waals surface area contributed by atoms with Gasteiger partial charge >= 0.3 is 0 Å². The van der Waals surface area contributed by atoms with Crippen molar-refractivity contribution in [1.82, 2.24) is 4.98 Å². The molecule has 2 nitrogen and oxygen atoms in total. The number of nitrogens with zero attached hydrogens (tertiary/aromatic N) is 1. The first-order chi connectivity index (χ1) is 10.2. The van der Waals surface area contributed by atoms with Crippen LogP contribution in [0.3, 0.4) is 0 Å². The van der Waals surface area contributed by atoms with Crippen LogP contribution in [0.5, 0.6) is 0 Å². The van der Waals surface area contributed by atoms with E-state index in [2.05, 4.69) is 36.2 Å². The molecule has 0 bridgehead atoms. The molecule has 0 spiro atoms. The number of aromatic nitrogens is 1. The summed E-state index contributed by atoms with van der Waals surface area (Å²) in [4.78, 5) is 17.7. The quantitative estimate of drug-likeness (QED) is 0.523. The zero-order valence-electron chi connectivity index (χ0n) is 11.7. The number of ketones is 1. The Morgan fingerprint density at radius 2 is 1.90 bits per heavy atom. The summed E-state index contributed by atoms with van der Waals surface area (Å²) in [5, 5.41) is 1.98. The Morgan fingerprint density at radius 3 is 2.71 bits per heavy atom. The van der Waals surface area contributed by atoms with Gasteiger partial charge < -0.3 is 0 Å². The topological polar surface area (TPSA) is 30.0 Å². The molecule has 0 amide bonds. The summed E-state index contributed by atoms with van der Waals surface area (Å²) in [5.41, 5.74) is 1.98. The van der Waals surface area contributed by atoms with Gasteiger partial charge in [0.25, 0.3) is 0 Å². The molecule has 3 heteroatoms. The molecule has 104 valence electrons. The Bertz CT molecular complexity index is 775. The number of thioether (sulfide) groups is 1. The average molecular weight is 293 g/mol. The van der Waals surface area contributed by atoms with Gasteiger partial charge in [0.1, 0.15) is 0 Å². The van der Waals surface area contributed by atoms with Crippen LogP contribution in [0, 0.1) is 6.92 Å². The number of carbonyl (C=O) groups is 1. The van der Waals surface area contributed by atoms with E-state index in [1.54, 1.807) is 24.2 Å². The van der Waals surface area contributed by atoms with Crippen molar-refractivity contribution in [3.05, 3.63) is 72.1 Å². The number of carbonyl (C=O) groups excluding carboxylic acids is 1. The summed E-state index contributed by atoms with van der Waals surface area (Å²) in [7, 11) is 0. The van der Waals surface area contributed by atoms with Crippen LogP contribution in [0.2, 0.25) is 0 Å². The minimum atomic E-state index is 0.138. The lowest BCUT2D eigenvalue weighted by molar-refractivity contribution is 0.102. The molecule has 1 aromatic heterocycles. The second-order valence-corrected chi connectivity index (χ2v) is 5.98. The Labute approximate surface area is 128 Å². The Kier molecular flexibility index (Phi) is 4.02. The minimum absolute atomic E-state index is 0.138. The number of fused-ring (bicyclic) bond motifs is 1. The highest BCUT2D eigenvalue weighted by atomic mass is 32.2. The fourth-order valence-corrected chi connectivity index (χ4v) is 3.00. The Morgan fingerprint density at radius 1 is 1.10 bits per heavy atom. The van der Waals surface area contributed by atoms with Crippen LogP contribution in [0.1, 0.15) is 15.9 Å². The second kappa shape index (κ2) is 6.10. The summed E-state index contributed by atoms with van der Waals surface area (Å²) in [6.45, 7) is 2.06. The second-order valence-electron chi connectivity index (χ2n) is 4.93. The standard InChI is InChI=1S/C18H15NOS/c1-13-5-7-15(8-6-13)21-12-18(20)16-4-2-3-14-9-10-19-11-17(14)16/h2-11H,12H2,1H3. The van der Waals surface area contributed by atoms with Gasteiger partial charge in [-0.3, -0.25) is 9.78 Å². The summed E-state index contributed by atoms with van der Waals surface area (Å²) >= 11 is 1.57. The van der Waals surface area contributed by atoms with E-state index in [0.29, 0.717) is 5.75 Å². The molecule has 0 fully saturated rings. The maximum absolute atomic E-state index is 12.5. The van der Waals surface area contributed by atoms with Crippen molar-refractivity contribution in [2.45, 2.75) is 11.8 Å². The maximum atomic E-state index is 12.5. The molecule has 1 heterocycles. The van der Waals surface area contributed by atoms with Gasteiger partial charge in [-0.25, -0.2) is 0 Å². The van der Waals surface area contributed by atoms with E-state index in [4.69, 9.17) is 0 Å². The van der Waals surface area contributed by atoms with E-state index >= 15 is 0 Å².